The van der Waals surface area contributed by atoms with Crippen molar-refractivity contribution in [2.45, 2.75) is 76.2 Å². The number of esters is 1. The number of fused-ring (bicyclic) bond motifs is 1. The third-order valence-electron chi connectivity index (χ3n) is 7.52. The lowest BCUT2D eigenvalue weighted by molar-refractivity contribution is -0.162. The second-order valence-electron chi connectivity index (χ2n) is 9.56. The van der Waals surface area contributed by atoms with Crippen molar-refractivity contribution < 1.29 is 29.0 Å². The number of rotatable bonds is 12. The van der Waals surface area contributed by atoms with Gasteiger partial charge in [-0.25, -0.2) is 0 Å². The molecule has 5 atom stereocenters. The van der Waals surface area contributed by atoms with Crippen molar-refractivity contribution in [3.63, 3.8) is 0 Å². The Kier molecular flexibility index (Phi) is 7.69. The zero-order valence-corrected chi connectivity index (χ0v) is 20.1. The first kappa shape index (κ1) is 25.4. The van der Waals surface area contributed by atoms with E-state index in [0.717, 1.165) is 0 Å². The fraction of sp³-hybridized carbons (Fsp3) is 0.720. The molecule has 0 aromatic heterocycles. The van der Waals surface area contributed by atoms with Gasteiger partial charge in [0, 0.05) is 25.7 Å². The number of ether oxygens (including phenoxy) is 2. The maximum absolute atomic E-state index is 13.9. The van der Waals surface area contributed by atoms with Gasteiger partial charge in [0.25, 0.3) is 0 Å². The molecule has 0 radical (unpaired) electrons. The quantitative estimate of drug-likeness (QED) is 0.271. The van der Waals surface area contributed by atoms with Crippen molar-refractivity contribution in [1.82, 2.24) is 9.80 Å². The minimum Gasteiger partial charge on any atom is -0.465 e. The average Bonchev–Trinajstić information content (AvgIpc) is 3.39. The molecular weight excluding hydrogens is 424 g/mol. The molecule has 3 saturated heterocycles. The lowest BCUT2D eigenvalue weighted by Gasteiger charge is -2.38. The predicted molar refractivity (Wildman–Crippen MR) is 123 cm³/mol. The summed E-state index contributed by atoms with van der Waals surface area (Å²) in [6.45, 7) is 13.9. The molecule has 2 bridgehead atoms. The molecule has 8 nitrogen and oxygen atoms in total. The second-order valence-corrected chi connectivity index (χ2v) is 9.56. The molecule has 1 spiro atoms. The monoisotopic (exact) mass is 462 g/mol. The van der Waals surface area contributed by atoms with Crippen molar-refractivity contribution in [2.75, 3.05) is 26.3 Å². The van der Waals surface area contributed by atoms with E-state index in [1.807, 2.05) is 20.8 Å². The van der Waals surface area contributed by atoms with Gasteiger partial charge in [-0.15, -0.1) is 13.2 Å². The number of carbonyl (C=O) groups excluding carboxylic acids is 3. The SMILES string of the molecule is C=CCCOC(=O)[C@@H]1[C@H]2C(=O)N(CCCO)C(C(=O)N(CC=C)C(C)C)C23CC[C@@]1(CC)O3. The molecule has 184 valence electrons. The van der Waals surface area contributed by atoms with E-state index in [1.54, 1.807) is 17.1 Å². The van der Waals surface area contributed by atoms with Gasteiger partial charge in [-0.1, -0.05) is 19.1 Å². The Labute approximate surface area is 196 Å². The smallest absolute Gasteiger partial charge is 0.312 e. The summed E-state index contributed by atoms with van der Waals surface area (Å²) in [6, 6.07) is -0.942. The fourth-order valence-corrected chi connectivity index (χ4v) is 6.02. The Morgan fingerprint density at radius 3 is 2.64 bits per heavy atom. The Morgan fingerprint density at radius 2 is 2.06 bits per heavy atom. The molecule has 3 aliphatic heterocycles. The standard InChI is InChI=1S/C25H38N2O6/c1-6-9-16-32-23(31)19-18-21(29)27(14-10-15-28)20(22(30)26(13-7-2)17(4)5)25(18)12-11-24(19,8-3)33-25/h6-7,17-20,28H,1-2,8-16H2,3-5H3/t18-,19-,20?,24+,25?/m0/s1. The van der Waals surface area contributed by atoms with Crippen LogP contribution in [0, 0.1) is 11.8 Å². The molecule has 0 aliphatic carbocycles. The minimum atomic E-state index is -1.07. The van der Waals surface area contributed by atoms with Gasteiger partial charge in [0.15, 0.2) is 0 Å². The Hall–Kier alpha value is -2.19. The summed E-state index contributed by atoms with van der Waals surface area (Å²) in [5.74, 6) is -2.43. The number of nitrogens with zero attached hydrogens (tertiary/aromatic N) is 2. The Balaban J connectivity index is 2.05. The van der Waals surface area contributed by atoms with Crippen LogP contribution in [-0.2, 0) is 23.9 Å². The van der Waals surface area contributed by atoms with Gasteiger partial charge in [0.1, 0.15) is 17.6 Å². The number of aliphatic hydroxyl groups is 1. The summed E-state index contributed by atoms with van der Waals surface area (Å²) in [5, 5.41) is 9.43. The highest BCUT2D eigenvalue weighted by Crippen LogP contribution is 2.64. The van der Waals surface area contributed by atoms with E-state index in [0.29, 0.717) is 38.6 Å². The number of likely N-dealkylation sites (tertiary alicyclic amines) is 1. The average molecular weight is 463 g/mol. The zero-order valence-electron chi connectivity index (χ0n) is 20.1. The summed E-state index contributed by atoms with van der Waals surface area (Å²) in [7, 11) is 0. The van der Waals surface area contributed by atoms with Crippen LogP contribution in [0.1, 0.15) is 52.9 Å². The number of hydrogen-bond donors (Lipinski definition) is 1. The summed E-state index contributed by atoms with van der Waals surface area (Å²) in [6.07, 6.45) is 5.88. The van der Waals surface area contributed by atoms with Crippen LogP contribution in [0.4, 0.5) is 0 Å². The largest absolute Gasteiger partial charge is 0.465 e. The molecular formula is C25H38N2O6. The summed E-state index contributed by atoms with van der Waals surface area (Å²) < 4.78 is 12.2. The zero-order chi connectivity index (χ0) is 24.4. The van der Waals surface area contributed by atoms with E-state index in [1.165, 1.54) is 4.90 Å². The maximum Gasteiger partial charge on any atom is 0.312 e. The first-order chi connectivity index (χ1) is 15.7. The normalized spacial score (nSPS) is 32.2. The van der Waals surface area contributed by atoms with Crippen LogP contribution in [0.15, 0.2) is 25.3 Å². The van der Waals surface area contributed by atoms with Gasteiger partial charge in [-0.2, -0.15) is 0 Å². The van der Waals surface area contributed by atoms with Crippen LogP contribution in [0.3, 0.4) is 0 Å². The lowest BCUT2D eigenvalue weighted by Crippen LogP contribution is -2.57. The van der Waals surface area contributed by atoms with Crippen molar-refractivity contribution in [3.05, 3.63) is 25.3 Å². The maximum atomic E-state index is 13.9. The summed E-state index contributed by atoms with van der Waals surface area (Å²) in [4.78, 5) is 44.2. The number of carbonyl (C=O) groups is 3. The van der Waals surface area contributed by atoms with Crippen molar-refractivity contribution in [2.24, 2.45) is 11.8 Å². The fourth-order valence-electron chi connectivity index (χ4n) is 6.02. The molecule has 33 heavy (non-hydrogen) atoms. The van der Waals surface area contributed by atoms with Gasteiger partial charge in [0.2, 0.25) is 11.8 Å². The van der Waals surface area contributed by atoms with E-state index in [-0.39, 0.29) is 37.6 Å². The highest BCUT2D eigenvalue weighted by molar-refractivity contribution is 5.98. The first-order valence-electron chi connectivity index (χ1n) is 12.0. The third-order valence-corrected chi connectivity index (χ3v) is 7.52. The molecule has 3 rings (SSSR count). The van der Waals surface area contributed by atoms with E-state index >= 15 is 0 Å². The molecule has 3 fully saturated rings. The Bertz CT molecular complexity index is 798. The summed E-state index contributed by atoms with van der Waals surface area (Å²) >= 11 is 0. The van der Waals surface area contributed by atoms with Crippen molar-refractivity contribution in [1.29, 1.82) is 0 Å². The topological polar surface area (TPSA) is 96.4 Å². The molecule has 8 heteroatoms. The minimum absolute atomic E-state index is 0.0980. The van der Waals surface area contributed by atoms with Gasteiger partial charge in [0.05, 0.1) is 18.1 Å². The molecule has 0 saturated carbocycles. The van der Waals surface area contributed by atoms with Gasteiger partial charge >= 0.3 is 5.97 Å². The first-order valence-corrected chi connectivity index (χ1v) is 12.0. The van der Waals surface area contributed by atoms with E-state index < -0.39 is 35.0 Å². The second kappa shape index (κ2) is 9.97. The molecule has 1 N–H and O–H groups in total. The van der Waals surface area contributed by atoms with Crippen LogP contribution in [0.5, 0.6) is 0 Å². The number of hydrogen-bond acceptors (Lipinski definition) is 6. The van der Waals surface area contributed by atoms with Crippen LogP contribution in [0.25, 0.3) is 0 Å². The number of amides is 2. The molecule has 0 aromatic rings. The molecule has 2 amide bonds. The van der Waals surface area contributed by atoms with E-state index in [4.69, 9.17) is 9.47 Å². The van der Waals surface area contributed by atoms with Crippen LogP contribution < -0.4 is 0 Å². The third kappa shape index (κ3) is 4.01. The van der Waals surface area contributed by atoms with Crippen LogP contribution in [0.2, 0.25) is 0 Å². The van der Waals surface area contributed by atoms with Gasteiger partial charge in [-0.3, -0.25) is 14.4 Å². The lowest BCUT2D eigenvalue weighted by atomic mass is 9.65. The van der Waals surface area contributed by atoms with Crippen LogP contribution >= 0.6 is 0 Å². The van der Waals surface area contributed by atoms with E-state index in [2.05, 4.69) is 13.2 Å². The highest BCUT2D eigenvalue weighted by Gasteiger charge is 2.79. The van der Waals surface area contributed by atoms with Crippen LogP contribution in [-0.4, -0.2) is 82.3 Å². The highest BCUT2D eigenvalue weighted by atomic mass is 16.6. The van der Waals surface area contributed by atoms with E-state index in [9.17, 15) is 19.5 Å². The molecule has 3 heterocycles. The number of aliphatic hydroxyl groups excluding tert-OH is 1. The Morgan fingerprint density at radius 1 is 1.33 bits per heavy atom. The predicted octanol–water partition coefficient (Wildman–Crippen LogP) is 2.07. The van der Waals surface area contributed by atoms with Gasteiger partial charge < -0.3 is 24.4 Å². The van der Waals surface area contributed by atoms with Crippen molar-refractivity contribution in [3.8, 4) is 0 Å². The molecule has 3 aliphatic rings. The summed E-state index contributed by atoms with van der Waals surface area (Å²) in [5.41, 5.74) is -1.88. The van der Waals surface area contributed by atoms with Crippen molar-refractivity contribution >= 4 is 17.8 Å². The van der Waals surface area contributed by atoms with Gasteiger partial charge in [-0.05, 0) is 46.0 Å². The molecule has 2 unspecified atom stereocenters. The molecule has 0 aromatic carbocycles.